The lowest BCUT2D eigenvalue weighted by Crippen LogP contribution is -2.06. The number of aryl methyl sites for hydroxylation is 1. The normalized spacial score (nSPS) is 12.7. The van der Waals surface area contributed by atoms with Crippen LogP contribution in [0.4, 0.5) is 4.39 Å². The van der Waals surface area contributed by atoms with Gasteiger partial charge in [-0.1, -0.05) is 29.8 Å². The van der Waals surface area contributed by atoms with Crippen molar-refractivity contribution >= 4 is 0 Å². The second kappa shape index (κ2) is 4.49. The van der Waals surface area contributed by atoms with Crippen LogP contribution in [0.3, 0.4) is 0 Å². The molecule has 0 amide bonds. The van der Waals surface area contributed by atoms with Gasteiger partial charge in [0.2, 0.25) is 0 Å². The first-order valence-corrected chi connectivity index (χ1v) is 5.21. The van der Waals surface area contributed by atoms with Crippen molar-refractivity contribution in [3.8, 4) is 11.3 Å². The van der Waals surface area contributed by atoms with Crippen LogP contribution in [0.1, 0.15) is 17.5 Å². The van der Waals surface area contributed by atoms with Crippen LogP contribution in [0.5, 0.6) is 0 Å². The van der Waals surface area contributed by atoms with Gasteiger partial charge in [0.05, 0.1) is 0 Å². The summed E-state index contributed by atoms with van der Waals surface area (Å²) in [6, 6.07) is 11.3. The third kappa shape index (κ3) is 2.14. The predicted molar refractivity (Wildman–Crippen MR) is 61.8 cm³/mol. The monoisotopic (exact) mass is 219 g/mol. The Morgan fingerprint density at radius 2 is 1.88 bits per heavy atom. The summed E-state index contributed by atoms with van der Waals surface area (Å²) in [7, 11) is 0. The molecule has 0 saturated heterocycles. The molecule has 1 atom stereocenters. The minimum Gasteiger partial charge on any atom is -0.458 e. The predicted octanol–water partition coefficient (Wildman–Crippen LogP) is 3.22. The first-order chi connectivity index (χ1) is 7.70. The molecule has 16 heavy (non-hydrogen) atoms. The van der Waals surface area contributed by atoms with E-state index in [0.717, 1.165) is 5.56 Å². The lowest BCUT2D eigenvalue weighted by atomic mass is 10.1. The van der Waals surface area contributed by atoms with Crippen molar-refractivity contribution in [2.75, 3.05) is 6.54 Å². The number of hydrogen-bond donors (Lipinski definition) is 1. The van der Waals surface area contributed by atoms with Crippen LogP contribution in [0, 0.1) is 6.92 Å². The van der Waals surface area contributed by atoms with E-state index >= 15 is 0 Å². The zero-order valence-electron chi connectivity index (χ0n) is 9.11. The van der Waals surface area contributed by atoms with Crippen LogP contribution in [0.2, 0.25) is 0 Å². The molecule has 0 saturated carbocycles. The van der Waals surface area contributed by atoms with E-state index < -0.39 is 6.17 Å². The fraction of sp³-hybridized carbons (Fsp3) is 0.231. The van der Waals surface area contributed by atoms with E-state index in [1.807, 2.05) is 31.2 Å². The van der Waals surface area contributed by atoms with Crippen molar-refractivity contribution in [2.24, 2.45) is 5.73 Å². The number of hydrogen-bond acceptors (Lipinski definition) is 2. The number of furan rings is 1. The Morgan fingerprint density at radius 3 is 2.50 bits per heavy atom. The molecule has 2 aromatic rings. The summed E-state index contributed by atoms with van der Waals surface area (Å²) >= 11 is 0. The van der Waals surface area contributed by atoms with Crippen molar-refractivity contribution in [1.29, 1.82) is 0 Å². The zero-order valence-corrected chi connectivity index (χ0v) is 9.11. The third-order valence-electron chi connectivity index (χ3n) is 2.48. The molecular formula is C13H14FNO. The molecule has 1 aromatic heterocycles. The first kappa shape index (κ1) is 10.9. The van der Waals surface area contributed by atoms with Gasteiger partial charge in [0.25, 0.3) is 0 Å². The van der Waals surface area contributed by atoms with Gasteiger partial charge in [-0.3, -0.25) is 0 Å². The van der Waals surface area contributed by atoms with Crippen LogP contribution in [-0.2, 0) is 0 Å². The highest BCUT2D eigenvalue weighted by molar-refractivity contribution is 5.57. The van der Waals surface area contributed by atoms with E-state index in [1.165, 1.54) is 5.56 Å². The molecule has 3 heteroatoms. The number of rotatable bonds is 3. The first-order valence-electron chi connectivity index (χ1n) is 5.21. The number of halogens is 1. The van der Waals surface area contributed by atoms with E-state index in [9.17, 15) is 4.39 Å². The molecule has 1 unspecified atom stereocenters. The Morgan fingerprint density at radius 1 is 1.19 bits per heavy atom. The largest absolute Gasteiger partial charge is 0.458 e. The second-order valence-corrected chi connectivity index (χ2v) is 3.77. The molecule has 0 aliphatic heterocycles. The fourth-order valence-corrected chi connectivity index (χ4v) is 1.51. The Hall–Kier alpha value is -1.61. The van der Waals surface area contributed by atoms with Gasteiger partial charge in [-0.15, -0.1) is 0 Å². The maximum atomic E-state index is 13.2. The summed E-state index contributed by atoms with van der Waals surface area (Å²) < 4.78 is 18.6. The molecule has 0 radical (unpaired) electrons. The molecule has 0 fully saturated rings. The summed E-state index contributed by atoms with van der Waals surface area (Å²) in [5.41, 5.74) is 7.36. The Bertz CT molecular complexity index is 461. The number of alkyl halides is 1. The summed E-state index contributed by atoms with van der Waals surface area (Å²) in [5.74, 6) is 0.962. The van der Waals surface area contributed by atoms with Crippen LogP contribution in [0.15, 0.2) is 40.8 Å². The lowest BCUT2D eigenvalue weighted by Gasteiger charge is -2.01. The van der Waals surface area contributed by atoms with Gasteiger partial charge < -0.3 is 10.2 Å². The molecule has 2 nitrogen and oxygen atoms in total. The van der Waals surface area contributed by atoms with Gasteiger partial charge in [0.15, 0.2) is 6.17 Å². The van der Waals surface area contributed by atoms with Crippen molar-refractivity contribution in [1.82, 2.24) is 0 Å². The Kier molecular flexibility index (Phi) is 3.06. The van der Waals surface area contributed by atoms with Gasteiger partial charge in [0.1, 0.15) is 11.5 Å². The van der Waals surface area contributed by atoms with Gasteiger partial charge in [0, 0.05) is 12.1 Å². The average Bonchev–Trinajstić information content (AvgIpc) is 2.78. The molecule has 0 spiro atoms. The molecule has 0 aliphatic carbocycles. The average molecular weight is 219 g/mol. The highest BCUT2D eigenvalue weighted by Gasteiger charge is 2.12. The van der Waals surface area contributed by atoms with Gasteiger partial charge in [-0.25, -0.2) is 4.39 Å². The Balaban J connectivity index is 2.28. The second-order valence-electron chi connectivity index (χ2n) is 3.77. The van der Waals surface area contributed by atoms with Crippen molar-refractivity contribution in [3.05, 3.63) is 47.7 Å². The van der Waals surface area contributed by atoms with Crippen molar-refractivity contribution in [2.45, 2.75) is 13.1 Å². The molecule has 0 aliphatic rings. The number of nitrogens with two attached hydrogens (primary N) is 1. The topological polar surface area (TPSA) is 39.2 Å². The van der Waals surface area contributed by atoms with Crippen LogP contribution >= 0.6 is 0 Å². The third-order valence-corrected chi connectivity index (χ3v) is 2.48. The van der Waals surface area contributed by atoms with Gasteiger partial charge in [-0.05, 0) is 19.1 Å². The van der Waals surface area contributed by atoms with E-state index in [1.54, 1.807) is 12.1 Å². The number of benzene rings is 1. The minimum atomic E-state index is -1.22. The van der Waals surface area contributed by atoms with Crippen molar-refractivity contribution in [3.63, 3.8) is 0 Å². The molecule has 0 bridgehead atoms. The highest BCUT2D eigenvalue weighted by atomic mass is 19.1. The minimum absolute atomic E-state index is 0.0547. The summed E-state index contributed by atoms with van der Waals surface area (Å²) in [6.07, 6.45) is -1.22. The molecule has 1 heterocycles. The standard InChI is InChI=1S/C13H14FNO/c1-9-2-4-10(5-3-9)12-6-7-13(16-12)11(14)8-15/h2-7,11H,8,15H2,1H3. The quantitative estimate of drug-likeness (QED) is 0.860. The van der Waals surface area contributed by atoms with Crippen LogP contribution in [-0.4, -0.2) is 6.54 Å². The molecule has 1 aromatic carbocycles. The summed E-state index contributed by atoms with van der Waals surface area (Å²) in [6.45, 7) is 1.96. The zero-order chi connectivity index (χ0) is 11.5. The summed E-state index contributed by atoms with van der Waals surface area (Å²) in [4.78, 5) is 0. The highest BCUT2D eigenvalue weighted by Crippen LogP contribution is 2.26. The fourth-order valence-electron chi connectivity index (χ4n) is 1.51. The Labute approximate surface area is 93.9 Å². The van der Waals surface area contributed by atoms with E-state index in [4.69, 9.17) is 10.2 Å². The molecule has 2 N–H and O–H groups in total. The van der Waals surface area contributed by atoms with E-state index in [2.05, 4.69) is 0 Å². The molecule has 84 valence electrons. The SMILES string of the molecule is Cc1ccc(-c2ccc(C(F)CN)o2)cc1. The van der Waals surface area contributed by atoms with Gasteiger partial charge >= 0.3 is 0 Å². The van der Waals surface area contributed by atoms with Crippen LogP contribution in [0.25, 0.3) is 11.3 Å². The molecule has 2 rings (SSSR count). The summed E-state index contributed by atoms with van der Waals surface area (Å²) in [5, 5.41) is 0. The van der Waals surface area contributed by atoms with Crippen LogP contribution < -0.4 is 5.73 Å². The lowest BCUT2D eigenvalue weighted by molar-refractivity contribution is 0.297. The van der Waals surface area contributed by atoms with E-state index in [0.29, 0.717) is 5.76 Å². The van der Waals surface area contributed by atoms with E-state index in [-0.39, 0.29) is 12.3 Å². The molecular weight excluding hydrogens is 205 g/mol. The maximum absolute atomic E-state index is 13.2. The maximum Gasteiger partial charge on any atom is 0.170 e. The van der Waals surface area contributed by atoms with Crippen molar-refractivity contribution < 1.29 is 8.81 Å². The smallest absolute Gasteiger partial charge is 0.170 e. The van der Waals surface area contributed by atoms with Gasteiger partial charge in [-0.2, -0.15) is 0 Å².